The van der Waals surface area contributed by atoms with Gasteiger partial charge >= 0.3 is 0 Å². The molecule has 1 aliphatic heterocycles. The van der Waals surface area contributed by atoms with Gasteiger partial charge in [-0.1, -0.05) is 12.1 Å². The summed E-state index contributed by atoms with van der Waals surface area (Å²) in [5.74, 6) is 0.611. The highest BCUT2D eigenvalue weighted by atomic mass is 16.5. The predicted octanol–water partition coefficient (Wildman–Crippen LogP) is 3.43. The van der Waals surface area contributed by atoms with E-state index in [-0.39, 0.29) is 29.9 Å². The predicted molar refractivity (Wildman–Crippen MR) is 112 cm³/mol. The van der Waals surface area contributed by atoms with E-state index in [2.05, 4.69) is 5.32 Å². The normalized spacial score (nSPS) is 15.0. The lowest BCUT2D eigenvalue weighted by Gasteiger charge is -2.30. The van der Waals surface area contributed by atoms with Gasteiger partial charge in [0.15, 0.2) is 11.6 Å². The molecule has 0 bridgehead atoms. The fraction of sp³-hybridized carbons (Fsp3) is 0.348. The largest absolute Gasteiger partial charge is 0.497 e. The maximum Gasteiger partial charge on any atom is 0.238 e. The van der Waals surface area contributed by atoms with Gasteiger partial charge in [-0.05, 0) is 69.3 Å². The van der Waals surface area contributed by atoms with Crippen molar-refractivity contribution in [1.29, 1.82) is 0 Å². The van der Waals surface area contributed by atoms with E-state index < -0.39 is 0 Å². The third kappa shape index (κ3) is 5.29. The number of nitrogens with one attached hydrogen (secondary N) is 1. The van der Waals surface area contributed by atoms with Gasteiger partial charge in [0.05, 0.1) is 19.3 Å². The van der Waals surface area contributed by atoms with Gasteiger partial charge in [0.25, 0.3) is 0 Å². The SMILES string of the molecule is COc1ccc(C(=O)C2CCN(CC(=O)Nc3ccccc3C(C)=O)CC2)cc1. The summed E-state index contributed by atoms with van der Waals surface area (Å²) in [5, 5.41) is 2.83. The Morgan fingerprint density at radius 2 is 1.69 bits per heavy atom. The van der Waals surface area contributed by atoms with Crippen molar-refractivity contribution >= 4 is 23.2 Å². The molecule has 0 aliphatic carbocycles. The van der Waals surface area contributed by atoms with E-state index in [1.807, 2.05) is 4.90 Å². The van der Waals surface area contributed by atoms with Crippen molar-refractivity contribution in [1.82, 2.24) is 4.90 Å². The second kappa shape index (κ2) is 9.47. The van der Waals surface area contributed by atoms with Gasteiger partial charge in [-0.2, -0.15) is 0 Å². The van der Waals surface area contributed by atoms with Gasteiger partial charge < -0.3 is 10.1 Å². The third-order valence-electron chi connectivity index (χ3n) is 5.28. The van der Waals surface area contributed by atoms with Gasteiger partial charge in [-0.25, -0.2) is 0 Å². The van der Waals surface area contributed by atoms with Crippen LogP contribution >= 0.6 is 0 Å². The highest BCUT2D eigenvalue weighted by Gasteiger charge is 2.26. The molecule has 1 aliphatic rings. The van der Waals surface area contributed by atoms with Crippen LogP contribution in [0.5, 0.6) is 5.75 Å². The van der Waals surface area contributed by atoms with Gasteiger partial charge in [0.1, 0.15) is 5.75 Å². The van der Waals surface area contributed by atoms with E-state index >= 15 is 0 Å². The number of para-hydroxylation sites is 1. The zero-order chi connectivity index (χ0) is 20.8. The van der Waals surface area contributed by atoms with Gasteiger partial charge in [-0.3, -0.25) is 19.3 Å². The molecule has 0 spiro atoms. The molecule has 2 aromatic carbocycles. The number of likely N-dealkylation sites (tertiary alicyclic amines) is 1. The number of Topliss-reactive ketones (excluding diaryl/α,β-unsaturated/α-hetero) is 2. The molecule has 0 radical (unpaired) electrons. The molecule has 1 saturated heterocycles. The maximum atomic E-state index is 12.7. The number of ether oxygens (including phenoxy) is 1. The summed E-state index contributed by atoms with van der Waals surface area (Å²) in [6.45, 7) is 3.11. The molecule has 29 heavy (non-hydrogen) atoms. The average molecular weight is 394 g/mol. The number of amides is 1. The van der Waals surface area contributed by atoms with E-state index in [1.54, 1.807) is 55.6 Å². The molecule has 0 saturated carbocycles. The lowest BCUT2D eigenvalue weighted by Crippen LogP contribution is -2.40. The van der Waals surface area contributed by atoms with Crippen molar-refractivity contribution < 1.29 is 19.1 Å². The summed E-state index contributed by atoms with van der Waals surface area (Å²) in [6.07, 6.45) is 1.45. The average Bonchev–Trinajstić information content (AvgIpc) is 2.74. The molecule has 2 aromatic rings. The molecule has 3 rings (SSSR count). The standard InChI is InChI=1S/C23H26N2O4/c1-16(26)20-5-3-4-6-21(20)24-22(27)15-25-13-11-18(12-14-25)23(28)17-7-9-19(29-2)10-8-17/h3-10,18H,11-15H2,1-2H3,(H,24,27). The van der Waals surface area contributed by atoms with Crippen molar-refractivity contribution in [3.8, 4) is 5.75 Å². The van der Waals surface area contributed by atoms with Crippen LogP contribution in [0.2, 0.25) is 0 Å². The van der Waals surface area contributed by atoms with Crippen LogP contribution in [0.25, 0.3) is 0 Å². The van der Waals surface area contributed by atoms with Crippen molar-refractivity contribution in [2.45, 2.75) is 19.8 Å². The van der Waals surface area contributed by atoms with E-state index in [1.165, 1.54) is 6.92 Å². The fourth-order valence-corrected chi connectivity index (χ4v) is 3.64. The van der Waals surface area contributed by atoms with Crippen LogP contribution < -0.4 is 10.1 Å². The Balaban J connectivity index is 1.51. The Bertz CT molecular complexity index is 884. The van der Waals surface area contributed by atoms with Crippen LogP contribution in [-0.4, -0.2) is 49.1 Å². The Morgan fingerprint density at radius 1 is 1.03 bits per heavy atom. The Morgan fingerprint density at radius 3 is 2.31 bits per heavy atom. The molecule has 152 valence electrons. The lowest BCUT2D eigenvalue weighted by atomic mass is 9.89. The minimum absolute atomic E-state index is 0.0267. The molecule has 1 amide bonds. The van der Waals surface area contributed by atoms with E-state index in [0.29, 0.717) is 29.9 Å². The van der Waals surface area contributed by atoms with E-state index in [0.717, 1.165) is 18.6 Å². The fourth-order valence-electron chi connectivity index (χ4n) is 3.64. The van der Waals surface area contributed by atoms with Crippen LogP contribution in [0, 0.1) is 5.92 Å². The van der Waals surface area contributed by atoms with Gasteiger partial charge in [0, 0.05) is 17.0 Å². The maximum absolute atomic E-state index is 12.7. The number of piperidine rings is 1. The molecule has 1 fully saturated rings. The first-order valence-corrected chi connectivity index (χ1v) is 9.78. The van der Waals surface area contributed by atoms with E-state index in [4.69, 9.17) is 4.74 Å². The second-order valence-electron chi connectivity index (χ2n) is 7.29. The van der Waals surface area contributed by atoms with Crippen LogP contribution in [0.15, 0.2) is 48.5 Å². The molecule has 6 heteroatoms. The number of carbonyl (C=O) groups is 3. The molecular formula is C23H26N2O4. The number of hydrogen-bond acceptors (Lipinski definition) is 5. The number of hydrogen-bond donors (Lipinski definition) is 1. The molecule has 0 unspecified atom stereocenters. The van der Waals surface area contributed by atoms with Crippen LogP contribution in [0.3, 0.4) is 0 Å². The number of rotatable bonds is 7. The van der Waals surface area contributed by atoms with Crippen molar-refractivity contribution in [2.24, 2.45) is 5.92 Å². The number of benzene rings is 2. The zero-order valence-electron chi connectivity index (χ0n) is 16.8. The van der Waals surface area contributed by atoms with Crippen molar-refractivity contribution in [3.05, 3.63) is 59.7 Å². The molecule has 1 heterocycles. The third-order valence-corrected chi connectivity index (χ3v) is 5.28. The Kier molecular flexibility index (Phi) is 6.77. The molecule has 6 nitrogen and oxygen atoms in total. The Hall–Kier alpha value is -2.99. The highest BCUT2D eigenvalue weighted by molar-refractivity contribution is 6.04. The van der Waals surface area contributed by atoms with Crippen LogP contribution in [-0.2, 0) is 4.79 Å². The number of methoxy groups -OCH3 is 1. The minimum Gasteiger partial charge on any atom is -0.497 e. The highest BCUT2D eigenvalue weighted by Crippen LogP contribution is 2.23. The van der Waals surface area contributed by atoms with Crippen molar-refractivity contribution in [3.63, 3.8) is 0 Å². The minimum atomic E-state index is -0.154. The van der Waals surface area contributed by atoms with Gasteiger partial charge in [0.2, 0.25) is 5.91 Å². The zero-order valence-corrected chi connectivity index (χ0v) is 16.8. The molecule has 0 aromatic heterocycles. The summed E-state index contributed by atoms with van der Waals surface area (Å²) in [6, 6.07) is 14.2. The molecule has 0 atom stereocenters. The van der Waals surface area contributed by atoms with E-state index in [9.17, 15) is 14.4 Å². The topological polar surface area (TPSA) is 75.7 Å². The number of nitrogens with zero attached hydrogens (tertiary/aromatic N) is 1. The van der Waals surface area contributed by atoms with Crippen LogP contribution in [0.1, 0.15) is 40.5 Å². The quantitative estimate of drug-likeness (QED) is 0.728. The van der Waals surface area contributed by atoms with Crippen LogP contribution in [0.4, 0.5) is 5.69 Å². The lowest BCUT2D eigenvalue weighted by molar-refractivity contribution is -0.117. The summed E-state index contributed by atoms with van der Waals surface area (Å²) < 4.78 is 5.13. The monoisotopic (exact) mass is 394 g/mol. The first-order chi connectivity index (χ1) is 14.0. The molecule has 1 N–H and O–H groups in total. The Labute approximate surface area is 170 Å². The smallest absolute Gasteiger partial charge is 0.238 e. The second-order valence-corrected chi connectivity index (χ2v) is 7.29. The summed E-state index contributed by atoms with van der Waals surface area (Å²) in [5.41, 5.74) is 1.74. The molecular weight excluding hydrogens is 368 g/mol. The van der Waals surface area contributed by atoms with Gasteiger partial charge in [-0.15, -0.1) is 0 Å². The number of anilines is 1. The summed E-state index contributed by atoms with van der Waals surface area (Å²) >= 11 is 0. The van der Waals surface area contributed by atoms with Crippen molar-refractivity contribution in [2.75, 3.05) is 32.1 Å². The number of carbonyl (C=O) groups excluding carboxylic acids is 3. The summed E-state index contributed by atoms with van der Waals surface area (Å²) in [7, 11) is 1.60. The summed E-state index contributed by atoms with van der Waals surface area (Å²) in [4.78, 5) is 38.8. The number of ketones is 2. The first-order valence-electron chi connectivity index (χ1n) is 9.78. The first kappa shape index (κ1) is 20.7.